The Morgan fingerprint density at radius 2 is 2.33 bits per heavy atom. The van der Waals surface area contributed by atoms with Crippen molar-refractivity contribution in [1.29, 1.82) is 0 Å². The van der Waals surface area contributed by atoms with Gasteiger partial charge >= 0.3 is 0 Å². The normalized spacial score (nSPS) is 12.9. The zero-order chi connectivity index (χ0) is 11.0. The number of nitrogens with zero attached hydrogens (tertiary/aromatic N) is 3. The molecule has 78 valence electrons. The lowest BCUT2D eigenvalue weighted by Gasteiger charge is -2.01. The van der Waals surface area contributed by atoms with Crippen molar-refractivity contribution in [3.8, 4) is 0 Å². The summed E-state index contributed by atoms with van der Waals surface area (Å²) in [5, 5.41) is 24.5. The third-order valence-electron chi connectivity index (χ3n) is 2.10. The topological polar surface area (TPSA) is 81.2 Å². The summed E-state index contributed by atoms with van der Waals surface area (Å²) in [6.07, 6.45) is 0.837. The smallest absolute Gasteiger partial charge is 0.270 e. The third-order valence-corrected chi connectivity index (χ3v) is 2.10. The second-order valence-electron chi connectivity index (χ2n) is 3.24. The van der Waals surface area contributed by atoms with Gasteiger partial charge in [0.05, 0.1) is 10.4 Å². The fourth-order valence-corrected chi connectivity index (χ4v) is 1.34. The van der Waals surface area contributed by atoms with Gasteiger partial charge in [-0.2, -0.15) is 5.10 Å². The molecule has 0 aliphatic carbocycles. The zero-order valence-corrected chi connectivity index (χ0v) is 7.99. The number of nitro benzene ring substituents is 1. The summed E-state index contributed by atoms with van der Waals surface area (Å²) < 4.78 is 1.36. The molecule has 0 aliphatic rings. The largest absolute Gasteiger partial charge is 0.372 e. The van der Waals surface area contributed by atoms with E-state index < -0.39 is 11.2 Å². The lowest BCUT2D eigenvalue weighted by atomic mass is 10.2. The first-order valence-electron chi connectivity index (χ1n) is 4.39. The number of nitro groups is 1. The molecule has 1 heterocycles. The Morgan fingerprint density at radius 3 is 2.93 bits per heavy atom. The van der Waals surface area contributed by atoms with Crippen LogP contribution in [0.1, 0.15) is 13.2 Å². The summed E-state index contributed by atoms with van der Waals surface area (Å²) in [4.78, 5) is 10.1. The minimum absolute atomic E-state index is 0.0210. The Labute approximate surface area is 84.9 Å². The molecule has 0 saturated heterocycles. The third kappa shape index (κ3) is 1.66. The molecule has 1 aromatic heterocycles. The first-order chi connectivity index (χ1) is 7.08. The maximum absolute atomic E-state index is 10.5. The van der Waals surface area contributed by atoms with Gasteiger partial charge in [-0.3, -0.25) is 10.1 Å². The molecule has 2 rings (SSSR count). The van der Waals surface area contributed by atoms with E-state index in [1.165, 1.54) is 16.8 Å². The highest BCUT2D eigenvalue weighted by atomic mass is 16.6. The Balaban J connectivity index is 2.57. The van der Waals surface area contributed by atoms with Crippen molar-refractivity contribution >= 4 is 16.6 Å². The average molecular weight is 207 g/mol. The molecule has 0 bridgehead atoms. The molecule has 6 heteroatoms. The lowest BCUT2D eigenvalue weighted by molar-refractivity contribution is -0.384. The van der Waals surface area contributed by atoms with Gasteiger partial charge in [0.2, 0.25) is 0 Å². The monoisotopic (exact) mass is 207 g/mol. The van der Waals surface area contributed by atoms with E-state index in [4.69, 9.17) is 0 Å². The van der Waals surface area contributed by atoms with Crippen molar-refractivity contribution in [2.24, 2.45) is 0 Å². The summed E-state index contributed by atoms with van der Waals surface area (Å²) in [6.45, 7) is 1.57. The summed E-state index contributed by atoms with van der Waals surface area (Å²) in [5.41, 5.74) is 0.647. The van der Waals surface area contributed by atoms with Gasteiger partial charge in [0.15, 0.2) is 0 Å². The number of aliphatic hydroxyl groups is 1. The van der Waals surface area contributed by atoms with E-state index in [9.17, 15) is 15.2 Å². The maximum Gasteiger partial charge on any atom is 0.270 e. The molecular formula is C9H9N3O3. The molecule has 0 spiro atoms. The second-order valence-corrected chi connectivity index (χ2v) is 3.24. The molecule has 0 aliphatic heterocycles. The van der Waals surface area contributed by atoms with Gasteiger partial charge in [-0.1, -0.05) is 0 Å². The summed E-state index contributed by atoms with van der Waals surface area (Å²) in [7, 11) is 0. The van der Waals surface area contributed by atoms with Gasteiger partial charge in [0, 0.05) is 23.7 Å². The van der Waals surface area contributed by atoms with Gasteiger partial charge in [-0.05, 0) is 13.0 Å². The summed E-state index contributed by atoms with van der Waals surface area (Å²) in [6, 6.07) is 4.38. The Hall–Kier alpha value is -1.95. The van der Waals surface area contributed by atoms with Gasteiger partial charge in [-0.25, -0.2) is 4.68 Å². The molecule has 0 radical (unpaired) electrons. The summed E-state index contributed by atoms with van der Waals surface area (Å²) in [5.74, 6) is 0. The standard InChI is InChI=1S/C9H9N3O3/c1-6(13)11-5-7-4-8(12(14)15)2-3-9(7)10-11/h2-6,13H,1H3. The van der Waals surface area contributed by atoms with E-state index >= 15 is 0 Å². The highest BCUT2D eigenvalue weighted by molar-refractivity contribution is 5.80. The van der Waals surface area contributed by atoms with Crippen LogP contribution >= 0.6 is 0 Å². The van der Waals surface area contributed by atoms with Crippen LogP contribution in [-0.2, 0) is 0 Å². The number of hydrogen-bond acceptors (Lipinski definition) is 4. The molecule has 1 aromatic carbocycles. The van der Waals surface area contributed by atoms with Crippen molar-refractivity contribution in [2.45, 2.75) is 13.2 Å². The predicted octanol–water partition coefficient (Wildman–Crippen LogP) is 1.46. The molecule has 6 nitrogen and oxygen atoms in total. The number of fused-ring (bicyclic) bond motifs is 1. The number of benzene rings is 1. The quantitative estimate of drug-likeness (QED) is 0.597. The minimum atomic E-state index is -0.739. The van der Waals surface area contributed by atoms with Crippen LogP contribution in [0.2, 0.25) is 0 Å². The molecular weight excluding hydrogens is 198 g/mol. The molecule has 1 atom stereocenters. The van der Waals surface area contributed by atoms with Crippen molar-refractivity contribution in [1.82, 2.24) is 9.78 Å². The lowest BCUT2D eigenvalue weighted by Crippen LogP contribution is -2.03. The van der Waals surface area contributed by atoms with Crippen molar-refractivity contribution in [3.63, 3.8) is 0 Å². The van der Waals surface area contributed by atoms with Crippen LogP contribution in [-0.4, -0.2) is 19.8 Å². The fourth-order valence-electron chi connectivity index (χ4n) is 1.34. The highest BCUT2D eigenvalue weighted by Gasteiger charge is 2.09. The van der Waals surface area contributed by atoms with Crippen molar-refractivity contribution in [2.75, 3.05) is 0 Å². The van der Waals surface area contributed by atoms with Crippen LogP contribution < -0.4 is 0 Å². The average Bonchev–Trinajstić information content (AvgIpc) is 2.59. The van der Waals surface area contributed by atoms with Crippen LogP contribution in [0, 0.1) is 10.1 Å². The van der Waals surface area contributed by atoms with Gasteiger partial charge in [0.1, 0.15) is 6.23 Å². The molecule has 0 amide bonds. The van der Waals surface area contributed by atoms with Crippen LogP contribution in [0.15, 0.2) is 24.4 Å². The second kappa shape index (κ2) is 3.32. The van der Waals surface area contributed by atoms with E-state index in [1.54, 1.807) is 19.2 Å². The van der Waals surface area contributed by atoms with E-state index in [2.05, 4.69) is 5.10 Å². The van der Waals surface area contributed by atoms with Gasteiger partial charge in [-0.15, -0.1) is 0 Å². The fraction of sp³-hybridized carbons (Fsp3) is 0.222. The van der Waals surface area contributed by atoms with Gasteiger partial charge in [0.25, 0.3) is 5.69 Å². The Kier molecular flexibility index (Phi) is 2.12. The number of rotatable bonds is 2. The number of non-ortho nitro benzene ring substituents is 1. The van der Waals surface area contributed by atoms with Crippen LogP contribution in [0.4, 0.5) is 5.69 Å². The number of hydrogen-bond donors (Lipinski definition) is 1. The van der Waals surface area contributed by atoms with E-state index in [0.29, 0.717) is 10.9 Å². The minimum Gasteiger partial charge on any atom is -0.372 e. The first-order valence-corrected chi connectivity index (χ1v) is 4.39. The molecule has 1 unspecified atom stereocenters. The van der Waals surface area contributed by atoms with Crippen molar-refractivity contribution < 1.29 is 10.0 Å². The molecule has 15 heavy (non-hydrogen) atoms. The maximum atomic E-state index is 10.5. The highest BCUT2D eigenvalue weighted by Crippen LogP contribution is 2.20. The van der Waals surface area contributed by atoms with Crippen LogP contribution in [0.25, 0.3) is 10.9 Å². The van der Waals surface area contributed by atoms with Crippen LogP contribution in [0.3, 0.4) is 0 Å². The summed E-state index contributed by atoms with van der Waals surface area (Å²) >= 11 is 0. The first kappa shape index (κ1) is 9.60. The van der Waals surface area contributed by atoms with Crippen LogP contribution in [0.5, 0.6) is 0 Å². The molecule has 1 N–H and O–H groups in total. The number of aromatic nitrogens is 2. The van der Waals surface area contributed by atoms with E-state index in [-0.39, 0.29) is 5.69 Å². The molecule has 0 saturated carbocycles. The Bertz CT molecular complexity index is 518. The predicted molar refractivity (Wildman–Crippen MR) is 53.3 cm³/mol. The molecule has 2 aromatic rings. The van der Waals surface area contributed by atoms with E-state index in [0.717, 1.165) is 0 Å². The molecule has 0 fully saturated rings. The number of aliphatic hydroxyl groups excluding tert-OH is 1. The van der Waals surface area contributed by atoms with Crippen molar-refractivity contribution in [3.05, 3.63) is 34.5 Å². The van der Waals surface area contributed by atoms with E-state index in [1.807, 2.05) is 0 Å². The Morgan fingerprint density at radius 1 is 1.60 bits per heavy atom. The SMILES string of the molecule is CC(O)n1cc2cc([N+](=O)[O-])ccc2n1. The zero-order valence-electron chi connectivity index (χ0n) is 7.99. The van der Waals surface area contributed by atoms with Gasteiger partial charge < -0.3 is 5.11 Å².